The molecule has 2 amide bonds. The number of carbonyl (C=O) groups is 3. The van der Waals surface area contributed by atoms with Gasteiger partial charge in [0.05, 0.1) is 36.2 Å². The molecule has 0 fully saturated rings. The van der Waals surface area contributed by atoms with Crippen LogP contribution in [0.5, 0.6) is 11.5 Å². The Labute approximate surface area is 217 Å². The molecule has 4 aromatic rings. The summed E-state index contributed by atoms with van der Waals surface area (Å²) in [4.78, 5) is 44.9. The molecule has 0 aliphatic carbocycles. The molecule has 3 aromatic carbocycles. The number of nitrogens with zero attached hydrogens (tertiary/aromatic N) is 3. The summed E-state index contributed by atoms with van der Waals surface area (Å²) in [6, 6.07) is 18.8. The van der Waals surface area contributed by atoms with Crippen molar-refractivity contribution in [3.05, 3.63) is 77.9 Å². The first-order chi connectivity index (χ1) is 18.5. The van der Waals surface area contributed by atoms with Crippen LogP contribution in [0.2, 0.25) is 0 Å². The van der Waals surface area contributed by atoms with Gasteiger partial charge in [-0.25, -0.2) is 9.78 Å². The second-order valence-electron chi connectivity index (χ2n) is 8.95. The van der Waals surface area contributed by atoms with Gasteiger partial charge in [-0.1, -0.05) is 18.2 Å². The summed E-state index contributed by atoms with van der Waals surface area (Å²) in [5.74, 6) is 0.810. The molecular formula is C28H24N4O6. The molecule has 10 heteroatoms. The third-order valence-corrected chi connectivity index (χ3v) is 6.52. The Hall–Kier alpha value is -4.86. The largest absolute Gasteiger partial charge is 0.462 e. The summed E-state index contributed by atoms with van der Waals surface area (Å²) < 4.78 is 17.7. The molecule has 0 unspecified atom stereocenters. The highest BCUT2D eigenvalue weighted by atomic mass is 16.7. The number of anilines is 2. The fraction of sp³-hybridized carbons (Fsp3) is 0.214. The quantitative estimate of drug-likeness (QED) is 0.372. The molecule has 0 saturated carbocycles. The number of fused-ring (bicyclic) bond motifs is 4. The third kappa shape index (κ3) is 4.19. The van der Waals surface area contributed by atoms with Gasteiger partial charge in [-0.3, -0.25) is 19.1 Å². The molecule has 2 aliphatic rings. The third-order valence-electron chi connectivity index (χ3n) is 6.52. The zero-order valence-electron chi connectivity index (χ0n) is 20.5. The highest BCUT2D eigenvalue weighted by Crippen LogP contribution is 2.39. The van der Waals surface area contributed by atoms with Crippen LogP contribution in [0.1, 0.15) is 35.3 Å². The fourth-order valence-electron chi connectivity index (χ4n) is 4.76. The van der Waals surface area contributed by atoms with Crippen LogP contribution < -0.4 is 19.7 Å². The number of nitrogens with one attached hydrogen (secondary N) is 1. The number of hydrogen-bond acceptors (Lipinski definition) is 7. The van der Waals surface area contributed by atoms with Gasteiger partial charge in [-0.2, -0.15) is 0 Å². The number of carbonyl (C=O) groups excluding carboxylic acids is 3. The van der Waals surface area contributed by atoms with Gasteiger partial charge < -0.3 is 19.5 Å². The number of ether oxygens (including phenoxy) is 3. The lowest BCUT2D eigenvalue weighted by molar-refractivity contribution is -0.124. The average Bonchev–Trinajstić information content (AvgIpc) is 3.60. The number of aromatic nitrogens is 2. The minimum Gasteiger partial charge on any atom is -0.462 e. The first-order valence-corrected chi connectivity index (χ1v) is 12.3. The van der Waals surface area contributed by atoms with E-state index in [4.69, 9.17) is 19.2 Å². The smallest absolute Gasteiger partial charge is 0.338 e. The number of rotatable bonds is 7. The number of benzene rings is 3. The molecule has 38 heavy (non-hydrogen) atoms. The predicted octanol–water partition coefficient (Wildman–Crippen LogP) is 4.06. The molecule has 1 aromatic heterocycles. The number of imidazole rings is 1. The van der Waals surface area contributed by atoms with Crippen LogP contribution >= 0.6 is 0 Å². The summed E-state index contributed by atoms with van der Waals surface area (Å²) in [6.45, 7) is 2.46. The van der Waals surface area contributed by atoms with E-state index in [0.717, 1.165) is 16.6 Å². The summed E-state index contributed by atoms with van der Waals surface area (Å²) in [5.41, 5.74) is 3.28. The van der Waals surface area contributed by atoms with E-state index in [1.54, 1.807) is 36.1 Å². The summed E-state index contributed by atoms with van der Waals surface area (Å²) >= 11 is 0. The van der Waals surface area contributed by atoms with Crippen LogP contribution in [-0.4, -0.2) is 40.7 Å². The molecule has 0 bridgehead atoms. The molecule has 0 radical (unpaired) electrons. The fourth-order valence-corrected chi connectivity index (χ4v) is 4.76. The van der Waals surface area contributed by atoms with Gasteiger partial charge in [0.25, 0.3) is 5.91 Å². The lowest BCUT2D eigenvalue weighted by Gasteiger charge is -2.16. The van der Waals surface area contributed by atoms with E-state index >= 15 is 0 Å². The lowest BCUT2D eigenvalue weighted by atomic mass is 10.1. The van der Waals surface area contributed by atoms with Gasteiger partial charge in [-0.15, -0.1) is 0 Å². The average molecular weight is 513 g/mol. The highest BCUT2D eigenvalue weighted by molar-refractivity contribution is 6.05. The van der Waals surface area contributed by atoms with E-state index in [0.29, 0.717) is 28.7 Å². The summed E-state index contributed by atoms with van der Waals surface area (Å²) in [7, 11) is 0. The first kappa shape index (κ1) is 23.5. The number of hydrogen-bond donors (Lipinski definition) is 1. The maximum Gasteiger partial charge on any atom is 0.338 e. The second-order valence-corrected chi connectivity index (χ2v) is 8.95. The standard InChI is InChI=1S/C28H24N4O6/c1-2-36-27(35)18-8-10-19(11-9-18)29-25(33)14-22-26(34)31(15-17-7-12-23-24(13-17)38-16-37-23)28-30-20-5-3-4-6-21(20)32(22)28/h3-13,22H,2,14-16H2,1H3,(H,29,33)/t22-/m0/s1. The molecule has 3 heterocycles. The second kappa shape index (κ2) is 9.55. The molecule has 6 rings (SSSR count). The zero-order valence-corrected chi connectivity index (χ0v) is 20.5. The van der Waals surface area contributed by atoms with E-state index in [9.17, 15) is 14.4 Å². The molecule has 192 valence electrons. The summed E-state index contributed by atoms with van der Waals surface area (Å²) in [6.07, 6.45) is -0.0799. The van der Waals surface area contributed by atoms with Crippen molar-refractivity contribution in [1.82, 2.24) is 9.55 Å². The van der Waals surface area contributed by atoms with Crippen LogP contribution in [0, 0.1) is 0 Å². The molecule has 1 N–H and O–H groups in total. The van der Waals surface area contributed by atoms with Gasteiger partial charge >= 0.3 is 5.97 Å². The van der Waals surface area contributed by atoms with Crippen molar-refractivity contribution in [2.24, 2.45) is 0 Å². The van der Waals surface area contributed by atoms with Gasteiger partial charge in [0.2, 0.25) is 18.6 Å². The Morgan fingerprint density at radius 3 is 2.66 bits per heavy atom. The Morgan fingerprint density at radius 2 is 1.84 bits per heavy atom. The first-order valence-electron chi connectivity index (χ1n) is 12.3. The van der Waals surface area contributed by atoms with E-state index in [1.165, 1.54) is 0 Å². The number of para-hydroxylation sites is 2. The SMILES string of the molecule is CCOC(=O)c1ccc(NC(=O)C[C@H]2C(=O)N(Cc3ccc4c(c3)OCO4)c3nc4ccccc4n32)cc1. The zero-order chi connectivity index (χ0) is 26.2. The Kier molecular flexibility index (Phi) is 5.91. The van der Waals surface area contributed by atoms with Crippen LogP contribution in [-0.2, 0) is 20.9 Å². The van der Waals surface area contributed by atoms with Gasteiger partial charge in [0, 0.05) is 5.69 Å². The van der Waals surface area contributed by atoms with Crippen molar-refractivity contribution >= 4 is 40.5 Å². The van der Waals surface area contributed by atoms with Crippen molar-refractivity contribution < 1.29 is 28.6 Å². The Morgan fingerprint density at radius 1 is 1.05 bits per heavy atom. The molecule has 2 aliphatic heterocycles. The van der Waals surface area contributed by atoms with Gasteiger partial charge in [-0.05, 0) is 61.0 Å². The molecular weight excluding hydrogens is 488 g/mol. The Balaban J connectivity index is 1.24. The molecule has 1 atom stereocenters. The van der Waals surface area contributed by atoms with Crippen molar-refractivity contribution in [1.29, 1.82) is 0 Å². The van der Waals surface area contributed by atoms with Gasteiger partial charge in [0.1, 0.15) is 6.04 Å². The minimum absolute atomic E-state index is 0.0799. The minimum atomic E-state index is -0.759. The van der Waals surface area contributed by atoms with Crippen molar-refractivity contribution in [3.8, 4) is 11.5 Å². The summed E-state index contributed by atoms with van der Waals surface area (Å²) in [5, 5.41) is 2.83. The highest BCUT2D eigenvalue weighted by Gasteiger charge is 2.41. The van der Waals surface area contributed by atoms with E-state index in [1.807, 2.05) is 47.0 Å². The van der Waals surface area contributed by atoms with Crippen LogP contribution in [0.3, 0.4) is 0 Å². The Bertz CT molecular complexity index is 1560. The van der Waals surface area contributed by atoms with Crippen LogP contribution in [0.4, 0.5) is 11.6 Å². The van der Waals surface area contributed by atoms with Gasteiger partial charge in [0.15, 0.2) is 11.5 Å². The topological polar surface area (TPSA) is 112 Å². The van der Waals surface area contributed by atoms with E-state index in [-0.39, 0.29) is 38.2 Å². The number of esters is 1. The van der Waals surface area contributed by atoms with Crippen molar-refractivity contribution in [2.45, 2.75) is 25.9 Å². The molecule has 0 spiro atoms. The van der Waals surface area contributed by atoms with Crippen LogP contribution in [0.15, 0.2) is 66.7 Å². The van der Waals surface area contributed by atoms with Crippen LogP contribution in [0.25, 0.3) is 11.0 Å². The molecule has 0 saturated heterocycles. The van der Waals surface area contributed by atoms with Crippen molar-refractivity contribution in [3.63, 3.8) is 0 Å². The predicted molar refractivity (Wildman–Crippen MR) is 138 cm³/mol. The maximum atomic E-state index is 13.7. The van der Waals surface area contributed by atoms with E-state index < -0.39 is 12.0 Å². The van der Waals surface area contributed by atoms with Crippen molar-refractivity contribution in [2.75, 3.05) is 23.6 Å². The lowest BCUT2D eigenvalue weighted by Crippen LogP contribution is -2.31. The normalized spacial score (nSPS) is 15.6. The number of amides is 2. The monoisotopic (exact) mass is 512 g/mol. The van der Waals surface area contributed by atoms with E-state index in [2.05, 4.69) is 5.32 Å². The molecule has 10 nitrogen and oxygen atoms in total. The maximum absolute atomic E-state index is 13.7.